The molecule has 2 aliphatic carbocycles. The molecule has 1 unspecified atom stereocenters. The molecule has 0 aliphatic heterocycles. The van der Waals surface area contributed by atoms with Crippen molar-refractivity contribution in [3.8, 4) is 5.75 Å². The summed E-state index contributed by atoms with van der Waals surface area (Å²) in [7, 11) is 0. The molecule has 5 heteroatoms. The van der Waals surface area contributed by atoms with Gasteiger partial charge in [0.15, 0.2) is 0 Å². The minimum Gasteiger partial charge on any atom is -0.493 e. The fourth-order valence-corrected chi connectivity index (χ4v) is 5.41. The summed E-state index contributed by atoms with van der Waals surface area (Å²) in [4.78, 5) is 24.7. The summed E-state index contributed by atoms with van der Waals surface area (Å²) in [6.45, 7) is 2.70. The number of hydrogen-bond acceptors (Lipinski definition) is 3. The maximum atomic E-state index is 13.6. The first-order chi connectivity index (χ1) is 16.0. The van der Waals surface area contributed by atoms with E-state index in [-0.39, 0.29) is 17.5 Å². The number of ether oxygens (including phenoxy) is 1. The molecule has 0 saturated heterocycles. The number of amides is 1. The van der Waals surface area contributed by atoms with Gasteiger partial charge in [0.05, 0.1) is 23.6 Å². The standard InChI is InChI=1S/C28H35NO4/c1-20(22-12-14-23(15-13-22)26(30)31)29-27(32)28(16-5-6-17-28)24-10-7-11-25(18-24)33-19-21-8-3-2-4-9-21/h7,10-15,18,20-21H,2-6,8-9,16-17,19H2,1H3,(H,29,32)(H,30,31). The monoisotopic (exact) mass is 449 g/mol. The van der Waals surface area contributed by atoms with Gasteiger partial charge in [-0.2, -0.15) is 0 Å². The lowest BCUT2D eigenvalue weighted by Crippen LogP contribution is -2.43. The molecule has 0 spiro atoms. The second-order valence-electron chi connectivity index (χ2n) is 9.75. The SMILES string of the molecule is CC(NC(=O)C1(c2cccc(OCC3CCCCC3)c2)CCCC1)c1ccc(C(=O)O)cc1. The number of hydrogen-bond donors (Lipinski definition) is 2. The van der Waals surface area contributed by atoms with Crippen LogP contribution in [0, 0.1) is 5.92 Å². The molecule has 1 amide bonds. The Kier molecular flexibility index (Phi) is 7.36. The minimum atomic E-state index is -0.950. The Hall–Kier alpha value is -2.82. The first kappa shape index (κ1) is 23.3. The van der Waals surface area contributed by atoms with Gasteiger partial charge in [0.1, 0.15) is 5.75 Å². The summed E-state index contributed by atoms with van der Waals surface area (Å²) in [5.74, 6) is 0.585. The number of rotatable bonds is 8. The van der Waals surface area contributed by atoms with Crippen molar-refractivity contribution in [3.05, 3.63) is 65.2 Å². The van der Waals surface area contributed by atoms with Crippen LogP contribution in [0.5, 0.6) is 5.75 Å². The number of carboxylic acid groups (broad SMARTS) is 1. The van der Waals surface area contributed by atoms with Gasteiger partial charge in [0.25, 0.3) is 0 Å². The first-order valence-corrected chi connectivity index (χ1v) is 12.4. The largest absolute Gasteiger partial charge is 0.493 e. The average molecular weight is 450 g/mol. The molecule has 4 rings (SSSR count). The lowest BCUT2D eigenvalue weighted by molar-refractivity contribution is -0.127. The first-order valence-electron chi connectivity index (χ1n) is 12.4. The molecule has 0 aromatic heterocycles. The molecule has 0 heterocycles. The number of nitrogens with one attached hydrogen (secondary N) is 1. The van der Waals surface area contributed by atoms with Crippen LogP contribution in [0.3, 0.4) is 0 Å². The maximum absolute atomic E-state index is 13.6. The van der Waals surface area contributed by atoms with Crippen LogP contribution in [0.15, 0.2) is 48.5 Å². The van der Waals surface area contributed by atoms with Crippen molar-refractivity contribution >= 4 is 11.9 Å². The Morgan fingerprint density at radius 2 is 1.73 bits per heavy atom. The van der Waals surface area contributed by atoms with Gasteiger partial charge in [0.2, 0.25) is 5.91 Å². The normalized spacial score (nSPS) is 19.1. The van der Waals surface area contributed by atoms with Gasteiger partial charge >= 0.3 is 5.97 Å². The molecule has 0 radical (unpaired) electrons. The number of carbonyl (C=O) groups excluding carboxylic acids is 1. The smallest absolute Gasteiger partial charge is 0.335 e. The van der Waals surface area contributed by atoms with E-state index in [1.165, 1.54) is 32.1 Å². The predicted octanol–water partition coefficient (Wildman–Crippen LogP) is 6.03. The third-order valence-corrected chi connectivity index (χ3v) is 7.49. The van der Waals surface area contributed by atoms with Crippen LogP contribution in [0.25, 0.3) is 0 Å². The zero-order valence-electron chi connectivity index (χ0n) is 19.5. The van der Waals surface area contributed by atoms with E-state index < -0.39 is 11.4 Å². The van der Waals surface area contributed by atoms with Crippen molar-refractivity contribution < 1.29 is 19.4 Å². The van der Waals surface area contributed by atoms with E-state index in [1.807, 2.05) is 19.1 Å². The van der Waals surface area contributed by atoms with Gasteiger partial charge < -0.3 is 15.2 Å². The summed E-state index contributed by atoms with van der Waals surface area (Å²) in [5.41, 5.74) is 1.63. The van der Waals surface area contributed by atoms with Crippen LogP contribution < -0.4 is 10.1 Å². The molecule has 176 valence electrons. The number of benzene rings is 2. The Morgan fingerprint density at radius 1 is 1.03 bits per heavy atom. The molecule has 5 nitrogen and oxygen atoms in total. The highest BCUT2D eigenvalue weighted by Crippen LogP contribution is 2.43. The molecule has 2 saturated carbocycles. The predicted molar refractivity (Wildman–Crippen MR) is 129 cm³/mol. The van der Waals surface area contributed by atoms with Crippen LogP contribution in [-0.4, -0.2) is 23.6 Å². The van der Waals surface area contributed by atoms with Crippen LogP contribution >= 0.6 is 0 Å². The van der Waals surface area contributed by atoms with E-state index in [4.69, 9.17) is 9.84 Å². The van der Waals surface area contributed by atoms with Crippen molar-refractivity contribution in [3.63, 3.8) is 0 Å². The van der Waals surface area contributed by atoms with E-state index in [0.29, 0.717) is 5.92 Å². The Labute approximate surface area is 196 Å². The second kappa shape index (κ2) is 10.4. The van der Waals surface area contributed by atoms with E-state index >= 15 is 0 Å². The second-order valence-corrected chi connectivity index (χ2v) is 9.75. The molecule has 2 aliphatic rings. The summed E-state index contributed by atoms with van der Waals surface area (Å²) in [6, 6.07) is 14.6. The van der Waals surface area contributed by atoms with Gasteiger partial charge in [-0.3, -0.25) is 4.79 Å². The van der Waals surface area contributed by atoms with Crippen molar-refractivity contribution in [2.24, 2.45) is 5.92 Å². The van der Waals surface area contributed by atoms with Crippen molar-refractivity contribution in [2.45, 2.75) is 76.2 Å². The maximum Gasteiger partial charge on any atom is 0.335 e. The molecular weight excluding hydrogens is 414 g/mol. The molecule has 33 heavy (non-hydrogen) atoms. The Bertz CT molecular complexity index is 956. The quantitative estimate of drug-likeness (QED) is 0.516. The Balaban J connectivity index is 1.47. The summed E-state index contributed by atoms with van der Waals surface area (Å²) < 4.78 is 6.17. The molecule has 2 fully saturated rings. The van der Waals surface area contributed by atoms with Crippen molar-refractivity contribution in [2.75, 3.05) is 6.61 Å². The van der Waals surface area contributed by atoms with E-state index in [2.05, 4.69) is 17.4 Å². The summed E-state index contributed by atoms with van der Waals surface area (Å²) in [5, 5.41) is 12.3. The fourth-order valence-electron chi connectivity index (χ4n) is 5.41. The van der Waals surface area contributed by atoms with E-state index in [9.17, 15) is 9.59 Å². The molecular formula is C28H35NO4. The van der Waals surface area contributed by atoms with Gasteiger partial charge in [-0.25, -0.2) is 4.79 Å². The fraction of sp³-hybridized carbons (Fsp3) is 0.500. The van der Waals surface area contributed by atoms with Crippen LogP contribution in [0.4, 0.5) is 0 Å². The lowest BCUT2D eigenvalue weighted by Gasteiger charge is -2.30. The van der Waals surface area contributed by atoms with E-state index in [1.54, 1.807) is 24.3 Å². The highest BCUT2D eigenvalue weighted by molar-refractivity contribution is 5.89. The van der Waals surface area contributed by atoms with Crippen LogP contribution in [0.2, 0.25) is 0 Å². The van der Waals surface area contributed by atoms with Crippen molar-refractivity contribution in [1.29, 1.82) is 0 Å². The van der Waals surface area contributed by atoms with Crippen LogP contribution in [-0.2, 0) is 10.2 Å². The van der Waals surface area contributed by atoms with Crippen molar-refractivity contribution in [1.82, 2.24) is 5.32 Å². The van der Waals surface area contributed by atoms with Gasteiger partial charge in [-0.05, 0) is 73.9 Å². The highest BCUT2D eigenvalue weighted by Gasteiger charge is 2.43. The zero-order valence-corrected chi connectivity index (χ0v) is 19.5. The summed E-state index contributed by atoms with van der Waals surface area (Å²) in [6.07, 6.45) is 10.2. The highest BCUT2D eigenvalue weighted by atomic mass is 16.5. The third kappa shape index (κ3) is 5.40. The van der Waals surface area contributed by atoms with Gasteiger partial charge in [-0.15, -0.1) is 0 Å². The number of carbonyl (C=O) groups is 2. The van der Waals surface area contributed by atoms with Crippen LogP contribution in [0.1, 0.15) is 92.2 Å². The lowest BCUT2D eigenvalue weighted by atomic mass is 9.77. The van der Waals surface area contributed by atoms with Gasteiger partial charge in [0, 0.05) is 0 Å². The molecule has 2 N–H and O–H groups in total. The summed E-state index contributed by atoms with van der Waals surface area (Å²) >= 11 is 0. The topological polar surface area (TPSA) is 75.6 Å². The zero-order chi connectivity index (χ0) is 23.3. The minimum absolute atomic E-state index is 0.0410. The molecule has 1 atom stereocenters. The molecule has 2 aromatic carbocycles. The third-order valence-electron chi connectivity index (χ3n) is 7.49. The Morgan fingerprint density at radius 3 is 2.39 bits per heavy atom. The number of carboxylic acids is 1. The van der Waals surface area contributed by atoms with Gasteiger partial charge in [-0.1, -0.05) is 56.4 Å². The number of aromatic carboxylic acids is 1. The average Bonchev–Trinajstić information content (AvgIpc) is 3.35. The van der Waals surface area contributed by atoms with E-state index in [0.717, 1.165) is 49.2 Å². The molecule has 0 bridgehead atoms. The molecule has 2 aromatic rings.